The molecule has 1 heterocycles. The van der Waals surface area contributed by atoms with Crippen molar-refractivity contribution < 1.29 is 4.74 Å². The van der Waals surface area contributed by atoms with E-state index in [1.165, 1.54) is 0 Å². The molecule has 0 saturated carbocycles. The Morgan fingerprint density at radius 1 is 1.24 bits per heavy atom. The third-order valence-electron chi connectivity index (χ3n) is 3.22. The fourth-order valence-corrected chi connectivity index (χ4v) is 2.33. The van der Waals surface area contributed by atoms with Crippen LogP contribution in [0.1, 0.15) is 44.5 Å². The number of hydrogen-bond acceptors (Lipinski definition) is 3. The lowest BCUT2D eigenvalue weighted by molar-refractivity contribution is 0.238. The first-order valence-electron chi connectivity index (χ1n) is 7.60. The summed E-state index contributed by atoms with van der Waals surface area (Å²) < 4.78 is 7.80. The highest BCUT2D eigenvalue weighted by Crippen LogP contribution is 2.29. The Hall–Kier alpha value is -1.81. The monoisotopic (exact) mass is 287 g/mol. The average molecular weight is 287 g/mol. The fraction of sp³-hybridized carbons (Fsp3) is 0.471. The van der Waals surface area contributed by atoms with Gasteiger partial charge in [-0.1, -0.05) is 25.1 Å². The summed E-state index contributed by atoms with van der Waals surface area (Å²) in [5, 5.41) is 8.13. The maximum atomic E-state index is 5.96. The van der Waals surface area contributed by atoms with Crippen molar-refractivity contribution in [3.8, 4) is 5.75 Å². The zero-order chi connectivity index (χ0) is 15.2. The summed E-state index contributed by atoms with van der Waals surface area (Å²) in [6.07, 6.45) is 3.21. The van der Waals surface area contributed by atoms with Crippen molar-refractivity contribution in [3.63, 3.8) is 0 Å². The van der Waals surface area contributed by atoms with Crippen molar-refractivity contribution in [2.75, 3.05) is 6.54 Å². The van der Waals surface area contributed by atoms with Gasteiger partial charge in [0.15, 0.2) is 0 Å². The minimum atomic E-state index is 0.0566. The molecule has 1 N–H and O–H groups in total. The number of hydrogen-bond donors (Lipinski definition) is 1. The van der Waals surface area contributed by atoms with Gasteiger partial charge in [0, 0.05) is 18.8 Å². The number of aryl methyl sites for hydroxylation is 1. The molecule has 1 aromatic carbocycles. The topological polar surface area (TPSA) is 39.1 Å². The van der Waals surface area contributed by atoms with Gasteiger partial charge in [-0.25, -0.2) is 0 Å². The van der Waals surface area contributed by atoms with E-state index in [4.69, 9.17) is 4.74 Å². The second kappa shape index (κ2) is 7.27. The highest BCUT2D eigenvalue weighted by molar-refractivity contribution is 5.40. The number of benzene rings is 1. The van der Waals surface area contributed by atoms with Crippen LogP contribution in [0.2, 0.25) is 0 Å². The van der Waals surface area contributed by atoms with E-state index in [1.807, 2.05) is 50.0 Å². The third-order valence-corrected chi connectivity index (χ3v) is 3.22. The lowest BCUT2D eigenvalue weighted by Crippen LogP contribution is -2.24. The zero-order valence-corrected chi connectivity index (χ0v) is 13.3. The first-order valence-corrected chi connectivity index (χ1v) is 7.60. The molecule has 0 bridgehead atoms. The Morgan fingerprint density at radius 3 is 2.62 bits per heavy atom. The minimum Gasteiger partial charge on any atom is -0.491 e. The van der Waals surface area contributed by atoms with E-state index in [1.54, 1.807) is 0 Å². The summed E-state index contributed by atoms with van der Waals surface area (Å²) in [6, 6.07) is 10.3. The molecule has 0 radical (unpaired) electrons. The first kappa shape index (κ1) is 15.6. The van der Waals surface area contributed by atoms with E-state index in [0.717, 1.165) is 30.0 Å². The van der Waals surface area contributed by atoms with Crippen molar-refractivity contribution in [2.45, 2.75) is 39.3 Å². The molecule has 0 aliphatic rings. The van der Waals surface area contributed by atoms with E-state index >= 15 is 0 Å². The van der Waals surface area contributed by atoms with Crippen LogP contribution in [0, 0.1) is 0 Å². The number of aromatic nitrogens is 2. The maximum absolute atomic E-state index is 5.96. The molecular formula is C17H25N3O. The smallest absolute Gasteiger partial charge is 0.124 e. The SMILES string of the molecule is CCCNC(c1ccn(C)n1)c1ccccc1OC(C)C. The molecule has 2 aromatic rings. The molecule has 4 nitrogen and oxygen atoms in total. The summed E-state index contributed by atoms with van der Waals surface area (Å²) in [5.41, 5.74) is 2.16. The second-order valence-electron chi connectivity index (χ2n) is 5.51. The lowest BCUT2D eigenvalue weighted by atomic mass is 10.0. The van der Waals surface area contributed by atoms with Crippen LogP contribution in [0.15, 0.2) is 36.5 Å². The highest BCUT2D eigenvalue weighted by atomic mass is 16.5. The van der Waals surface area contributed by atoms with Crippen LogP contribution in [-0.2, 0) is 7.05 Å². The molecule has 0 spiro atoms. The van der Waals surface area contributed by atoms with Gasteiger partial charge < -0.3 is 10.1 Å². The lowest BCUT2D eigenvalue weighted by Gasteiger charge is -2.21. The fourth-order valence-electron chi connectivity index (χ4n) is 2.33. The van der Waals surface area contributed by atoms with E-state index in [2.05, 4.69) is 29.5 Å². The van der Waals surface area contributed by atoms with Crippen LogP contribution in [0.5, 0.6) is 5.75 Å². The molecular weight excluding hydrogens is 262 g/mol. The van der Waals surface area contributed by atoms with Crippen LogP contribution in [0.4, 0.5) is 0 Å². The number of rotatable bonds is 7. The highest BCUT2D eigenvalue weighted by Gasteiger charge is 2.20. The van der Waals surface area contributed by atoms with Gasteiger partial charge in [-0.15, -0.1) is 0 Å². The van der Waals surface area contributed by atoms with Gasteiger partial charge in [-0.05, 0) is 38.9 Å². The Bertz CT molecular complexity index is 563. The van der Waals surface area contributed by atoms with Gasteiger partial charge in [0.1, 0.15) is 5.75 Å². The third kappa shape index (κ3) is 4.08. The molecule has 0 aliphatic heterocycles. The number of nitrogens with one attached hydrogen (secondary N) is 1. The van der Waals surface area contributed by atoms with Crippen LogP contribution in [0.25, 0.3) is 0 Å². The van der Waals surface area contributed by atoms with Crippen molar-refractivity contribution >= 4 is 0 Å². The largest absolute Gasteiger partial charge is 0.491 e. The molecule has 0 amide bonds. The predicted molar refractivity (Wildman–Crippen MR) is 85.6 cm³/mol. The summed E-state index contributed by atoms with van der Waals surface area (Å²) in [4.78, 5) is 0. The van der Waals surface area contributed by atoms with Crippen LogP contribution in [-0.4, -0.2) is 22.4 Å². The van der Waals surface area contributed by atoms with Gasteiger partial charge in [-0.3, -0.25) is 4.68 Å². The Labute approximate surface area is 127 Å². The first-order chi connectivity index (χ1) is 10.1. The minimum absolute atomic E-state index is 0.0566. The maximum Gasteiger partial charge on any atom is 0.124 e. The Morgan fingerprint density at radius 2 is 2.00 bits per heavy atom. The Balaban J connectivity index is 2.36. The van der Waals surface area contributed by atoms with E-state index < -0.39 is 0 Å². The van der Waals surface area contributed by atoms with E-state index in [-0.39, 0.29) is 12.1 Å². The standard InChI is InChI=1S/C17H25N3O/c1-5-11-18-17(15-10-12-20(4)19-15)14-8-6-7-9-16(14)21-13(2)3/h6-10,12-13,17-18H,5,11H2,1-4H3. The normalized spacial score (nSPS) is 12.6. The molecule has 0 fully saturated rings. The molecule has 114 valence electrons. The van der Waals surface area contributed by atoms with Gasteiger partial charge in [-0.2, -0.15) is 5.10 Å². The molecule has 1 atom stereocenters. The zero-order valence-electron chi connectivity index (χ0n) is 13.3. The number of nitrogens with zero attached hydrogens (tertiary/aromatic N) is 2. The Kier molecular flexibility index (Phi) is 5.39. The molecule has 1 aromatic heterocycles. The van der Waals surface area contributed by atoms with E-state index in [9.17, 15) is 0 Å². The van der Waals surface area contributed by atoms with Gasteiger partial charge in [0.25, 0.3) is 0 Å². The van der Waals surface area contributed by atoms with E-state index in [0.29, 0.717) is 0 Å². The molecule has 2 rings (SSSR count). The quantitative estimate of drug-likeness (QED) is 0.849. The number of para-hydroxylation sites is 1. The summed E-state index contributed by atoms with van der Waals surface area (Å²) >= 11 is 0. The molecule has 1 unspecified atom stereocenters. The van der Waals surface area contributed by atoms with Crippen molar-refractivity contribution in [2.24, 2.45) is 7.05 Å². The van der Waals surface area contributed by atoms with Gasteiger partial charge in [0.05, 0.1) is 17.8 Å². The van der Waals surface area contributed by atoms with Crippen molar-refractivity contribution in [3.05, 3.63) is 47.8 Å². The van der Waals surface area contributed by atoms with Crippen LogP contribution in [0.3, 0.4) is 0 Å². The summed E-state index contributed by atoms with van der Waals surface area (Å²) in [5.74, 6) is 0.923. The van der Waals surface area contributed by atoms with Crippen LogP contribution >= 0.6 is 0 Å². The van der Waals surface area contributed by atoms with Crippen molar-refractivity contribution in [1.82, 2.24) is 15.1 Å². The molecule has 0 aliphatic carbocycles. The predicted octanol–water partition coefficient (Wildman–Crippen LogP) is 3.30. The molecule has 0 saturated heterocycles. The van der Waals surface area contributed by atoms with Gasteiger partial charge >= 0.3 is 0 Å². The second-order valence-corrected chi connectivity index (χ2v) is 5.51. The molecule has 4 heteroatoms. The molecule has 21 heavy (non-hydrogen) atoms. The van der Waals surface area contributed by atoms with Gasteiger partial charge in [0.2, 0.25) is 0 Å². The summed E-state index contributed by atoms with van der Waals surface area (Å²) in [6.45, 7) is 7.20. The number of ether oxygens (including phenoxy) is 1. The average Bonchev–Trinajstić information content (AvgIpc) is 2.87. The van der Waals surface area contributed by atoms with Crippen LogP contribution < -0.4 is 10.1 Å². The summed E-state index contributed by atoms with van der Waals surface area (Å²) in [7, 11) is 1.94. The van der Waals surface area contributed by atoms with Crippen molar-refractivity contribution in [1.29, 1.82) is 0 Å².